The van der Waals surface area contributed by atoms with Crippen molar-refractivity contribution in [2.75, 3.05) is 19.9 Å². The second kappa shape index (κ2) is 22.2. The third kappa shape index (κ3) is 11.2. The van der Waals surface area contributed by atoms with Gasteiger partial charge in [0.15, 0.2) is 11.5 Å². The zero-order valence-corrected chi connectivity index (χ0v) is 44.3. The summed E-state index contributed by atoms with van der Waals surface area (Å²) in [6, 6.07) is 17.8. The Hall–Kier alpha value is -7.57. The average molecular weight is 1050 g/mol. The Morgan fingerprint density at radius 1 is 0.584 bits per heavy atom. The van der Waals surface area contributed by atoms with Gasteiger partial charge in [0.1, 0.15) is 42.0 Å². The molecule has 5 aromatic rings. The topological polar surface area (TPSA) is 223 Å². The molecule has 0 spiro atoms. The van der Waals surface area contributed by atoms with Gasteiger partial charge in [-0.25, -0.2) is 24.4 Å². The first-order valence-electron chi connectivity index (χ1n) is 27.5. The number of nitrogens with one attached hydrogen (secondary N) is 4. The van der Waals surface area contributed by atoms with E-state index in [1.54, 1.807) is 22.2 Å². The van der Waals surface area contributed by atoms with Crippen molar-refractivity contribution < 1.29 is 47.7 Å². The number of hydrogen-bond acceptors (Lipinski definition) is 12. The first kappa shape index (κ1) is 51.5. The smallest absolute Gasteiger partial charge is 0.410 e. The van der Waals surface area contributed by atoms with Crippen LogP contribution in [0.25, 0.3) is 33.6 Å². The van der Waals surface area contributed by atoms with Gasteiger partial charge < -0.3 is 54.1 Å². The Bertz CT molecular complexity index is 2930. The van der Waals surface area contributed by atoms with Crippen LogP contribution >= 0.6 is 0 Å². The molecular formula is C58H69N9O10. The van der Waals surface area contributed by atoms with Gasteiger partial charge in [0.25, 0.3) is 0 Å². The lowest BCUT2D eigenvalue weighted by Crippen LogP contribution is -2.52. The molecule has 2 aromatic heterocycles. The van der Waals surface area contributed by atoms with Crippen molar-refractivity contribution in [2.24, 2.45) is 11.8 Å². The summed E-state index contributed by atoms with van der Waals surface area (Å²) in [5.74, 6) is 1.73. The standard InChI is InChI=1S/C58H69N9O10/c1-33(2)50(63-56(70)75-41-10-5-6-11-41)54(68)66-23-9-14-46(66)52-59-27-44(61-52)37-19-15-35(16-20-37)36-17-21-38(22-18-36)45-28-60-53(62-45)47-26-43(77-58(72)65-29-39-24-48-49(74-32-73-48)25-40(39)30-65)31-67(47)55(69)51(34(3)4)64-57(71)76-42-12-7-8-13-42/h15-22,24-25,27-28,33-34,41-43,46-47,50-51H,5-14,23,26,29-32H2,1-4H3,(H,59,61)(H,60,62)(H,63,70)(H,64,71)/t43-,46?,47?,50+,51+/m1/s1. The number of H-pyrrole nitrogens is 2. The average Bonchev–Trinajstić information content (AvgIpc) is 4.27. The van der Waals surface area contributed by atoms with E-state index in [9.17, 15) is 24.0 Å². The van der Waals surface area contributed by atoms with Crippen molar-refractivity contribution in [3.8, 4) is 45.1 Å². The predicted molar refractivity (Wildman–Crippen MR) is 283 cm³/mol. The van der Waals surface area contributed by atoms with Gasteiger partial charge in [0, 0.05) is 26.1 Å². The number of fused-ring (bicyclic) bond motifs is 2. The zero-order valence-electron chi connectivity index (χ0n) is 44.3. The Labute approximate surface area is 448 Å². The van der Waals surface area contributed by atoms with Gasteiger partial charge in [-0.1, -0.05) is 76.2 Å². The maximum atomic E-state index is 14.6. The molecule has 4 aliphatic heterocycles. The Morgan fingerprint density at radius 3 is 1.55 bits per heavy atom. The molecule has 19 heteroatoms. The van der Waals surface area contributed by atoms with E-state index in [2.05, 4.69) is 32.7 Å². The van der Waals surface area contributed by atoms with E-state index in [0.717, 1.165) is 109 Å². The van der Waals surface area contributed by atoms with Gasteiger partial charge in [-0.2, -0.15) is 0 Å². The van der Waals surface area contributed by atoms with Crippen molar-refractivity contribution in [1.82, 2.24) is 45.3 Å². The van der Waals surface area contributed by atoms with Crippen LogP contribution in [0, 0.1) is 11.8 Å². The van der Waals surface area contributed by atoms with Crippen LogP contribution in [0.1, 0.15) is 133 Å². The minimum atomic E-state index is -0.888. The third-order valence-corrected chi connectivity index (χ3v) is 16.1. The molecule has 5 atom stereocenters. The molecule has 2 saturated heterocycles. The van der Waals surface area contributed by atoms with E-state index in [1.807, 2.05) is 81.1 Å². The number of alkyl carbamates (subject to hydrolysis) is 2. The van der Waals surface area contributed by atoms with Crippen LogP contribution in [0.15, 0.2) is 73.1 Å². The molecule has 406 valence electrons. The molecule has 19 nitrogen and oxygen atoms in total. The molecule has 77 heavy (non-hydrogen) atoms. The van der Waals surface area contributed by atoms with Gasteiger partial charge in [0.05, 0.1) is 42.4 Å². The Balaban J connectivity index is 0.751. The monoisotopic (exact) mass is 1050 g/mol. The van der Waals surface area contributed by atoms with E-state index >= 15 is 0 Å². The summed E-state index contributed by atoms with van der Waals surface area (Å²) >= 11 is 0. The summed E-state index contributed by atoms with van der Waals surface area (Å²) in [6.45, 7) is 9.21. The molecule has 2 aliphatic carbocycles. The molecule has 6 aliphatic rings. The molecule has 2 saturated carbocycles. The van der Waals surface area contributed by atoms with Crippen molar-refractivity contribution >= 4 is 30.1 Å². The number of imidazole rings is 2. The van der Waals surface area contributed by atoms with Crippen LogP contribution in [-0.2, 0) is 36.9 Å². The van der Waals surface area contributed by atoms with Gasteiger partial charge in [-0.15, -0.1) is 0 Å². The van der Waals surface area contributed by atoms with Crippen LogP contribution in [0.4, 0.5) is 14.4 Å². The van der Waals surface area contributed by atoms with E-state index in [1.165, 1.54) is 0 Å². The number of aromatic nitrogens is 4. The number of carbonyl (C=O) groups excluding carboxylic acids is 5. The number of aromatic amines is 2. The van der Waals surface area contributed by atoms with Gasteiger partial charge in [-0.3, -0.25) is 14.5 Å². The maximum absolute atomic E-state index is 14.6. The highest BCUT2D eigenvalue weighted by molar-refractivity contribution is 5.87. The highest BCUT2D eigenvalue weighted by atomic mass is 16.7. The van der Waals surface area contributed by atoms with Crippen LogP contribution in [0.2, 0.25) is 0 Å². The van der Waals surface area contributed by atoms with Crippen molar-refractivity contribution in [1.29, 1.82) is 0 Å². The zero-order chi connectivity index (χ0) is 53.3. The molecule has 4 fully saturated rings. The second-order valence-corrected chi connectivity index (χ2v) is 22.1. The molecule has 11 rings (SSSR count). The lowest BCUT2D eigenvalue weighted by atomic mass is 10.0. The highest BCUT2D eigenvalue weighted by Crippen LogP contribution is 2.40. The summed E-state index contributed by atoms with van der Waals surface area (Å²) in [7, 11) is 0. The van der Waals surface area contributed by atoms with E-state index in [4.69, 9.17) is 33.7 Å². The molecule has 0 bridgehead atoms. The SMILES string of the molecule is CC(C)[C@H](NC(=O)OC1CCCC1)C(=O)N1CCCC1c1ncc(-c2ccc(-c3ccc(-c4cnc(C5C[C@@H](OC(=O)N6Cc7cc8c(cc7C6)OCO8)CN5C(=O)[C@@H](NC(=O)OC5CCCC5)C(C)C)[nH]4)cc3)cc2)[nH]1. The molecule has 2 unspecified atom stereocenters. The predicted octanol–water partition coefficient (Wildman–Crippen LogP) is 9.71. The number of carbonyl (C=O) groups is 5. The first-order chi connectivity index (χ1) is 37.3. The Kier molecular flexibility index (Phi) is 14.8. The highest BCUT2D eigenvalue weighted by Gasteiger charge is 2.44. The summed E-state index contributed by atoms with van der Waals surface area (Å²) < 4.78 is 28.6. The molecule has 3 aromatic carbocycles. The number of likely N-dealkylation sites (tertiary alicyclic amines) is 2. The summed E-state index contributed by atoms with van der Waals surface area (Å²) in [4.78, 5) is 90.0. The Morgan fingerprint density at radius 2 is 1.05 bits per heavy atom. The third-order valence-electron chi connectivity index (χ3n) is 16.1. The maximum Gasteiger partial charge on any atom is 0.410 e. The van der Waals surface area contributed by atoms with E-state index in [-0.39, 0.29) is 55.2 Å². The first-order valence-corrected chi connectivity index (χ1v) is 27.5. The van der Waals surface area contributed by atoms with Crippen LogP contribution in [-0.4, -0.2) is 115 Å². The van der Waals surface area contributed by atoms with Crippen molar-refractivity contribution in [3.05, 3.63) is 95.8 Å². The number of hydrogen-bond donors (Lipinski definition) is 4. The van der Waals surface area contributed by atoms with Crippen molar-refractivity contribution in [3.63, 3.8) is 0 Å². The number of benzene rings is 3. The van der Waals surface area contributed by atoms with Crippen molar-refractivity contribution in [2.45, 2.75) is 154 Å². The number of amides is 5. The van der Waals surface area contributed by atoms with Gasteiger partial charge >= 0.3 is 18.3 Å². The van der Waals surface area contributed by atoms with Crippen LogP contribution in [0.3, 0.4) is 0 Å². The van der Waals surface area contributed by atoms with E-state index < -0.39 is 42.5 Å². The number of ether oxygens (including phenoxy) is 5. The minimum absolute atomic E-state index is 0.0879. The summed E-state index contributed by atoms with van der Waals surface area (Å²) in [5, 5.41) is 5.74. The molecule has 0 radical (unpaired) electrons. The van der Waals surface area contributed by atoms with Crippen LogP contribution in [0.5, 0.6) is 11.5 Å². The lowest BCUT2D eigenvalue weighted by molar-refractivity contribution is -0.136. The summed E-state index contributed by atoms with van der Waals surface area (Å²) in [6.07, 6.45) is 10.3. The normalized spacial score (nSPS) is 21.0. The second-order valence-electron chi connectivity index (χ2n) is 22.1. The summed E-state index contributed by atoms with van der Waals surface area (Å²) in [5.41, 5.74) is 7.38. The van der Waals surface area contributed by atoms with Gasteiger partial charge in [-0.05, 0) is 122 Å². The minimum Gasteiger partial charge on any atom is -0.454 e. The fraction of sp³-hybridized carbons (Fsp3) is 0.500. The lowest BCUT2D eigenvalue weighted by Gasteiger charge is -2.30. The quantitative estimate of drug-likeness (QED) is 0.0764. The largest absolute Gasteiger partial charge is 0.454 e. The molecule has 4 N–H and O–H groups in total. The molecule has 5 amide bonds. The van der Waals surface area contributed by atoms with Gasteiger partial charge in [0.2, 0.25) is 18.6 Å². The fourth-order valence-electron chi connectivity index (χ4n) is 11.8. The molecular weight excluding hydrogens is 983 g/mol. The number of nitrogens with zero attached hydrogens (tertiary/aromatic N) is 5. The number of rotatable bonds is 14. The fourth-order valence-corrected chi connectivity index (χ4v) is 11.8. The van der Waals surface area contributed by atoms with Crippen LogP contribution < -0.4 is 20.1 Å². The van der Waals surface area contributed by atoms with E-state index in [0.29, 0.717) is 49.2 Å². The molecule has 6 heterocycles.